The van der Waals surface area contributed by atoms with Crippen molar-refractivity contribution in [2.24, 2.45) is 0 Å². The lowest BCUT2D eigenvalue weighted by Crippen LogP contribution is -2.13. The highest BCUT2D eigenvalue weighted by Crippen LogP contribution is 2.04. The number of aryl methyl sites for hydroxylation is 2. The van der Waals surface area contributed by atoms with E-state index in [4.69, 9.17) is 4.55 Å². The number of nitrogens with one attached hydrogen (secondary N) is 1. The largest absolute Gasteiger partial charge is 0.359 e. The first-order valence-corrected chi connectivity index (χ1v) is 4.88. The Balaban J connectivity index is 3.03. The second-order valence-electron chi connectivity index (χ2n) is 2.55. The van der Waals surface area contributed by atoms with Crippen LogP contribution in [-0.2, 0) is 10.3 Å². The molecule has 0 aliphatic heterocycles. The van der Waals surface area contributed by atoms with Crippen molar-refractivity contribution in [3.8, 4) is 0 Å². The number of nitrogens with zero attached hydrogens (tertiary/aromatic N) is 2. The van der Waals surface area contributed by atoms with Gasteiger partial charge in [-0.15, -0.1) is 0 Å². The fourth-order valence-electron chi connectivity index (χ4n) is 0.887. The van der Waals surface area contributed by atoms with E-state index in [1.54, 1.807) is 24.6 Å². The molecule has 0 bridgehead atoms. The molecule has 0 spiro atoms. The van der Waals surface area contributed by atoms with E-state index in [9.17, 15) is 8.42 Å². The van der Waals surface area contributed by atoms with Crippen molar-refractivity contribution in [1.82, 2.24) is 9.97 Å². The summed E-state index contributed by atoms with van der Waals surface area (Å²) in [5.41, 5.74) is 1.25. The van der Waals surface area contributed by atoms with E-state index in [1.807, 2.05) is 0 Å². The number of aromatic nitrogens is 2. The summed E-state index contributed by atoms with van der Waals surface area (Å²) in [6.45, 7) is 3.40. The van der Waals surface area contributed by atoms with E-state index in [1.165, 1.54) is 0 Å². The number of rotatable bonds is 2. The zero-order chi connectivity index (χ0) is 10.1. The Morgan fingerprint density at radius 2 is 1.77 bits per heavy atom. The summed E-state index contributed by atoms with van der Waals surface area (Å²) in [4.78, 5) is 7.52. The smallest absolute Gasteiger partial charge is 0.269 e. The third-order valence-electron chi connectivity index (χ3n) is 1.20. The first kappa shape index (κ1) is 9.87. The van der Waals surface area contributed by atoms with Crippen LogP contribution < -0.4 is 4.72 Å². The van der Waals surface area contributed by atoms with E-state index in [-0.39, 0.29) is 5.95 Å². The highest BCUT2D eigenvalue weighted by molar-refractivity contribution is 7.87. The Hall–Kier alpha value is -1.21. The minimum absolute atomic E-state index is 0.125. The summed E-state index contributed by atoms with van der Waals surface area (Å²) >= 11 is 0. The molecule has 1 aromatic rings. The van der Waals surface area contributed by atoms with Crippen LogP contribution in [0.1, 0.15) is 11.4 Å². The predicted molar refractivity (Wildman–Crippen MR) is 46.7 cm³/mol. The Labute approximate surface area is 75.9 Å². The third-order valence-corrected chi connectivity index (χ3v) is 1.64. The normalized spacial score (nSPS) is 11.3. The van der Waals surface area contributed by atoms with Gasteiger partial charge >= 0.3 is 10.3 Å². The van der Waals surface area contributed by atoms with Gasteiger partial charge in [-0.05, 0) is 19.9 Å². The summed E-state index contributed by atoms with van der Waals surface area (Å²) < 4.78 is 31.0. The molecule has 72 valence electrons. The monoisotopic (exact) mass is 203 g/mol. The molecule has 0 aliphatic rings. The van der Waals surface area contributed by atoms with Gasteiger partial charge in [-0.2, -0.15) is 8.42 Å². The molecule has 0 amide bonds. The Morgan fingerprint density at radius 3 is 2.15 bits per heavy atom. The number of hydrogen-bond acceptors (Lipinski definition) is 4. The van der Waals surface area contributed by atoms with Crippen molar-refractivity contribution < 1.29 is 13.0 Å². The molecule has 1 rings (SSSR count). The highest BCUT2D eigenvalue weighted by Gasteiger charge is 2.06. The van der Waals surface area contributed by atoms with Crippen molar-refractivity contribution in [2.45, 2.75) is 13.8 Å². The second-order valence-corrected chi connectivity index (χ2v) is 3.71. The van der Waals surface area contributed by atoms with Gasteiger partial charge in [-0.1, -0.05) is 0 Å². The van der Waals surface area contributed by atoms with Crippen molar-refractivity contribution in [3.05, 3.63) is 17.5 Å². The maximum absolute atomic E-state index is 10.4. The van der Waals surface area contributed by atoms with Crippen LogP contribution in [0.3, 0.4) is 0 Å². The van der Waals surface area contributed by atoms with Crippen molar-refractivity contribution >= 4 is 16.3 Å². The van der Waals surface area contributed by atoms with Crippen molar-refractivity contribution in [1.29, 1.82) is 0 Å². The van der Waals surface area contributed by atoms with Gasteiger partial charge in [0.25, 0.3) is 0 Å². The lowest BCUT2D eigenvalue weighted by molar-refractivity contribution is 0.489. The number of hydrogen-bond donors (Lipinski definition) is 2. The fraction of sp³-hybridized carbons (Fsp3) is 0.333. The summed E-state index contributed by atoms with van der Waals surface area (Å²) in [7, 11) is -4.29. The van der Waals surface area contributed by atoms with Gasteiger partial charge in [0.2, 0.25) is 5.95 Å². The van der Waals surface area contributed by atoms with Gasteiger partial charge in [0, 0.05) is 11.4 Å². The summed E-state index contributed by atoms with van der Waals surface area (Å²) in [6, 6.07) is 1.69. The molecule has 0 aliphatic carbocycles. The van der Waals surface area contributed by atoms with E-state index in [2.05, 4.69) is 9.97 Å². The first-order valence-electron chi connectivity index (χ1n) is 3.44. The summed E-state index contributed by atoms with van der Waals surface area (Å²) in [5.74, 6) is -0.125. The fourth-order valence-corrected chi connectivity index (χ4v) is 1.21. The minimum atomic E-state index is -4.29. The molecule has 0 saturated heterocycles. The van der Waals surface area contributed by atoms with Gasteiger partial charge in [0.15, 0.2) is 0 Å². The Morgan fingerprint density at radius 1 is 1.31 bits per heavy atom. The molecule has 0 unspecified atom stereocenters. The van der Waals surface area contributed by atoms with Crippen LogP contribution in [0.5, 0.6) is 0 Å². The molecule has 1 heterocycles. The highest BCUT2D eigenvalue weighted by atomic mass is 32.2. The van der Waals surface area contributed by atoms with Gasteiger partial charge in [0.1, 0.15) is 0 Å². The minimum Gasteiger partial charge on any atom is -0.269 e. The quantitative estimate of drug-likeness (QED) is 0.675. The topological polar surface area (TPSA) is 92.2 Å². The average Bonchev–Trinajstić information content (AvgIpc) is 1.78. The zero-order valence-electron chi connectivity index (χ0n) is 7.14. The zero-order valence-corrected chi connectivity index (χ0v) is 7.96. The van der Waals surface area contributed by atoms with Crippen LogP contribution in [0, 0.1) is 13.8 Å². The molecule has 0 saturated carbocycles. The van der Waals surface area contributed by atoms with Crippen LogP contribution in [-0.4, -0.2) is 22.9 Å². The molecule has 2 N–H and O–H groups in total. The molecule has 0 aromatic carbocycles. The molecule has 0 radical (unpaired) electrons. The molecule has 13 heavy (non-hydrogen) atoms. The lowest BCUT2D eigenvalue weighted by atomic mass is 10.4. The second kappa shape index (κ2) is 3.27. The van der Waals surface area contributed by atoms with Crippen LogP contribution in [0.2, 0.25) is 0 Å². The van der Waals surface area contributed by atoms with E-state index >= 15 is 0 Å². The van der Waals surface area contributed by atoms with Gasteiger partial charge in [-0.3, -0.25) is 4.55 Å². The standard InChI is InChI=1S/C6H9N3O3S/c1-4-3-5(2)8-6(7-4)9-13(10,11)12/h3H,1-2H3,(H,7,8,9)(H,10,11,12). The van der Waals surface area contributed by atoms with Crippen molar-refractivity contribution in [2.75, 3.05) is 4.72 Å². The van der Waals surface area contributed by atoms with Crippen molar-refractivity contribution in [3.63, 3.8) is 0 Å². The SMILES string of the molecule is Cc1cc(C)nc(NS(=O)(=O)O)n1. The van der Waals surface area contributed by atoms with Crippen LogP contribution in [0.25, 0.3) is 0 Å². The maximum atomic E-state index is 10.4. The Kier molecular flexibility index (Phi) is 2.48. The summed E-state index contributed by atoms with van der Waals surface area (Å²) in [6.07, 6.45) is 0. The summed E-state index contributed by atoms with van der Waals surface area (Å²) in [5, 5.41) is 0. The molecule has 7 heteroatoms. The molecular formula is C6H9N3O3S. The molecule has 1 aromatic heterocycles. The number of anilines is 1. The molecular weight excluding hydrogens is 194 g/mol. The van der Waals surface area contributed by atoms with Crippen LogP contribution >= 0.6 is 0 Å². The molecule has 0 atom stereocenters. The molecule has 6 nitrogen and oxygen atoms in total. The van der Waals surface area contributed by atoms with E-state index in [0.29, 0.717) is 11.4 Å². The first-order chi connectivity index (χ1) is 5.87. The van der Waals surface area contributed by atoms with Gasteiger partial charge in [0.05, 0.1) is 0 Å². The van der Waals surface area contributed by atoms with Gasteiger partial charge in [-0.25, -0.2) is 14.7 Å². The molecule has 0 fully saturated rings. The van der Waals surface area contributed by atoms with Crippen LogP contribution in [0.4, 0.5) is 5.95 Å². The maximum Gasteiger partial charge on any atom is 0.359 e. The predicted octanol–water partition coefficient (Wildman–Crippen LogP) is 0.308. The van der Waals surface area contributed by atoms with E-state index < -0.39 is 10.3 Å². The lowest BCUT2D eigenvalue weighted by Gasteiger charge is -2.02. The van der Waals surface area contributed by atoms with Crippen LogP contribution in [0.15, 0.2) is 6.07 Å². The average molecular weight is 203 g/mol. The van der Waals surface area contributed by atoms with Gasteiger partial charge < -0.3 is 0 Å². The van der Waals surface area contributed by atoms with E-state index in [0.717, 1.165) is 0 Å². The third kappa shape index (κ3) is 3.34. The Bertz CT molecular complexity index is 395.